The summed E-state index contributed by atoms with van der Waals surface area (Å²) in [6, 6.07) is 5.63. The molecular weight excluding hydrogens is 366 g/mol. The van der Waals surface area contributed by atoms with Crippen LogP contribution in [0.15, 0.2) is 34.1 Å². The van der Waals surface area contributed by atoms with Crippen LogP contribution in [0.5, 0.6) is 0 Å². The van der Waals surface area contributed by atoms with E-state index in [1.165, 1.54) is 32.9 Å². The first kappa shape index (κ1) is 18.7. The highest BCUT2D eigenvalue weighted by Crippen LogP contribution is 2.23. The minimum atomic E-state index is -3.72. The summed E-state index contributed by atoms with van der Waals surface area (Å²) in [5.41, 5.74) is 0. The van der Waals surface area contributed by atoms with Crippen LogP contribution in [0.4, 0.5) is 0 Å². The average Bonchev–Trinajstić information content (AvgIpc) is 2.63. The van der Waals surface area contributed by atoms with E-state index in [1.807, 2.05) is 7.05 Å². The molecule has 0 bridgehead atoms. The first-order valence-electron chi connectivity index (χ1n) is 8.18. The predicted octanol–water partition coefficient (Wildman–Crippen LogP) is -0.356. The van der Waals surface area contributed by atoms with Gasteiger partial charge in [-0.25, -0.2) is 16.8 Å². The van der Waals surface area contributed by atoms with Crippen LogP contribution in [-0.4, -0.2) is 89.9 Å². The van der Waals surface area contributed by atoms with Crippen molar-refractivity contribution in [2.75, 3.05) is 59.5 Å². The minimum Gasteiger partial charge on any atom is -0.379 e. The number of benzene rings is 1. The maximum atomic E-state index is 12.8. The Morgan fingerprint density at radius 1 is 0.800 bits per heavy atom. The molecule has 2 saturated heterocycles. The number of hydrogen-bond donors (Lipinski definition) is 0. The number of piperazine rings is 1. The molecule has 3 rings (SSSR count). The molecule has 0 amide bonds. The molecule has 25 heavy (non-hydrogen) atoms. The average molecular weight is 389 g/mol. The minimum absolute atomic E-state index is 0.00426. The van der Waals surface area contributed by atoms with Crippen LogP contribution in [0.25, 0.3) is 0 Å². The Kier molecular flexibility index (Phi) is 5.47. The van der Waals surface area contributed by atoms with Crippen LogP contribution in [0.3, 0.4) is 0 Å². The molecule has 8 nitrogen and oxygen atoms in total. The second kappa shape index (κ2) is 7.29. The van der Waals surface area contributed by atoms with Gasteiger partial charge in [-0.15, -0.1) is 0 Å². The fraction of sp³-hybridized carbons (Fsp3) is 0.600. The number of ether oxygens (including phenoxy) is 1. The summed E-state index contributed by atoms with van der Waals surface area (Å²) < 4.78 is 59.1. The van der Waals surface area contributed by atoms with Crippen LogP contribution in [-0.2, 0) is 24.8 Å². The van der Waals surface area contributed by atoms with Gasteiger partial charge in [-0.2, -0.15) is 8.61 Å². The molecule has 0 unspecified atom stereocenters. The largest absolute Gasteiger partial charge is 0.379 e. The summed E-state index contributed by atoms with van der Waals surface area (Å²) in [4.78, 5) is 2.08. The second-order valence-corrected chi connectivity index (χ2v) is 10.1. The van der Waals surface area contributed by atoms with E-state index in [1.54, 1.807) is 0 Å². The van der Waals surface area contributed by atoms with Crippen LogP contribution in [0, 0.1) is 0 Å². The van der Waals surface area contributed by atoms with Crippen LogP contribution in [0.2, 0.25) is 0 Å². The zero-order valence-electron chi connectivity index (χ0n) is 14.2. The Morgan fingerprint density at radius 3 is 1.80 bits per heavy atom. The molecule has 2 fully saturated rings. The van der Waals surface area contributed by atoms with Gasteiger partial charge in [-0.1, -0.05) is 6.07 Å². The zero-order chi connectivity index (χ0) is 18.1. The fourth-order valence-corrected chi connectivity index (χ4v) is 5.91. The lowest BCUT2D eigenvalue weighted by molar-refractivity contribution is 0.0730. The van der Waals surface area contributed by atoms with Gasteiger partial charge in [0.2, 0.25) is 20.0 Å². The lowest BCUT2D eigenvalue weighted by atomic mass is 10.4. The SMILES string of the molecule is CN1CCN(S(=O)(=O)c2cccc(S(=O)(=O)N3CCOCC3)c2)CC1. The van der Waals surface area contributed by atoms with E-state index < -0.39 is 20.0 Å². The predicted molar refractivity (Wildman–Crippen MR) is 92.3 cm³/mol. The quantitative estimate of drug-likeness (QED) is 0.699. The third kappa shape index (κ3) is 3.88. The second-order valence-electron chi connectivity index (χ2n) is 6.20. The molecule has 140 valence electrons. The van der Waals surface area contributed by atoms with Gasteiger partial charge in [0.25, 0.3) is 0 Å². The van der Waals surface area contributed by atoms with Gasteiger partial charge in [-0.3, -0.25) is 0 Å². The van der Waals surface area contributed by atoms with Gasteiger partial charge in [0.1, 0.15) is 0 Å². The Balaban J connectivity index is 1.88. The van der Waals surface area contributed by atoms with E-state index in [-0.39, 0.29) is 22.9 Å². The molecule has 0 radical (unpaired) electrons. The molecule has 0 N–H and O–H groups in total. The molecule has 0 atom stereocenters. The van der Waals surface area contributed by atoms with E-state index in [2.05, 4.69) is 4.90 Å². The van der Waals surface area contributed by atoms with Crippen molar-refractivity contribution in [3.8, 4) is 0 Å². The highest BCUT2D eigenvalue weighted by atomic mass is 32.2. The van der Waals surface area contributed by atoms with Gasteiger partial charge in [0.15, 0.2) is 0 Å². The maximum Gasteiger partial charge on any atom is 0.243 e. The van der Waals surface area contributed by atoms with Gasteiger partial charge in [0, 0.05) is 39.3 Å². The van der Waals surface area contributed by atoms with Crippen molar-refractivity contribution in [3.63, 3.8) is 0 Å². The smallest absolute Gasteiger partial charge is 0.243 e. The van der Waals surface area contributed by atoms with E-state index in [0.717, 1.165) is 0 Å². The number of sulfonamides is 2. The molecule has 0 aromatic heterocycles. The summed E-state index contributed by atoms with van der Waals surface area (Å²) in [7, 11) is -5.48. The Bertz CT molecular complexity index is 811. The van der Waals surface area contributed by atoms with Crippen LogP contribution in [0.1, 0.15) is 0 Å². The van der Waals surface area contributed by atoms with Gasteiger partial charge >= 0.3 is 0 Å². The first-order valence-corrected chi connectivity index (χ1v) is 11.1. The van der Waals surface area contributed by atoms with E-state index >= 15 is 0 Å². The zero-order valence-corrected chi connectivity index (χ0v) is 15.8. The van der Waals surface area contributed by atoms with Crippen LogP contribution >= 0.6 is 0 Å². The number of rotatable bonds is 4. The van der Waals surface area contributed by atoms with Crippen LogP contribution < -0.4 is 0 Å². The summed E-state index contributed by atoms with van der Waals surface area (Å²) in [5.74, 6) is 0. The monoisotopic (exact) mass is 389 g/mol. The van der Waals surface area contributed by atoms with Crippen molar-refractivity contribution in [2.24, 2.45) is 0 Å². The molecule has 1 aromatic carbocycles. The van der Waals surface area contributed by atoms with Gasteiger partial charge in [-0.05, 0) is 25.2 Å². The van der Waals surface area contributed by atoms with Crippen molar-refractivity contribution in [1.82, 2.24) is 13.5 Å². The maximum absolute atomic E-state index is 12.8. The summed E-state index contributed by atoms with van der Waals surface area (Å²) >= 11 is 0. The van der Waals surface area contributed by atoms with Gasteiger partial charge < -0.3 is 9.64 Å². The lowest BCUT2D eigenvalue weighted by Gasteiger charge is -2.31. The molecule has 0 saturated carbocycles. The lowest BCUT2D eigenvalue weighted by Crippen LogP contribution is -2.47. The highest BCUT2D eigenvalue weighted by molar-refractivity contribution is 7.90. The van der Waals surface area contributed by atoms with Gasteiger partial charge in [0.05, 0.1) is 23.0 Å². The normalized spacial score (nSPS) is 22.1. The third-order valence-corrected chi connectivity index (χ3v) is 8.30. The van der Waals surface area contributed by atoms with Crippen molar-refractivity contribution in [1.29, 1.82) is 0 Å². The standard InChI is InChI=1S/C15H23N3O5S2/c1-16-5-7-17(8-6-16)24(19,20)14-3-2-4-15(13-14)25(21,22)18-9-11-23-12-10-18/h2-4,13H,5-12H2,1H3. The number of likely N-dealkylation sites (N-methyl/N-ethyl adjacent to an activating group) is 1. The molecule has 10 heteroatoms. The summed E-state index contributed by atoms with van der Waals surface area (Å²) in [5, 5.41) is 0. The van der Waals surface area contributed by atoms with Crippen molar-refractivity contribution >= 4 is 20.0 Å². The van der Waals surface area contributed by atoms with E-state index in [4.69, 9.17) is 4.74 Å². The molecule has 2 heterocycles. The van der Waals surface area contributed by atoms with Crippen molar-refractivity contribution in [3.05, 3.63) is 24.3 Å². The van der Waals surface area contributed by atoms with Crippen molar-refractivity contribution in [2.45, 2.75) is 9.79 Å². The Hall–Kier alpha value is -1.04. The topological polar surface area (TPSA) is 87.2 Å². The number of morpholine rings is 1. The molecule has 0 aliphatic carbocycles. The number of hydrogen-bond acceptors (Lipinski definition) is 6. The van der Waals surface area contributed by atoms with E-state index in [0.29, 0.717) is 39.4 Å². The Morgan fingerprint density at radius 2 is 1.28 bits per heavy atom. The number of nitrogens with zero attached hydrogens (tertiary/aromatic N) is 3. The highest BCUT2D eigenvalue weighted by Gasteiger charge is 2.30. The molecule has 1 aromatic rings. The van der Waals surface area contributed by atoms with E-state index in [9.17, 15) is 16.8 Å². The molecule has 0 spiro atoms. The van der Waals surface area contributed by atoms with Crippen molar-refractivity contribution < 1.29 is 21.6 Å². The first-order chi connectivity index (χ1) is 11.8. The summed E-state index contributed by atoms with van der Waals surface area (Å²) in [6.07, 6.45) is 0. The molecule has 2 aliphatic rings. The fourth-order valence-electron chi connectivity index (χ4n) is 2.91. The third-order valence-electron chi connectivity index (χ3n) is 4.51. The molecule has 2 aliphatic heterocycles. The summed E-state index contributed by atoms with van der Waals surface area (Å²) in [6.45, 7) is 3.36. The molecular formula is C15H23N3O5S2. The Labute approximate surface area is 149 Å².